The second kappa shape index (κ2) is 8.19. The van der Waals surface area contributed by atoms with Crippen molar-refractivity contribution in [1.29, 1.82) is 0 Å². The maximum Gasteiger partial charge on any atom is 0.315 e. The van der Waals surface area contributed by atoms with Crippen molar-refractivity contribution in [3.8, 4) is 0 Å². The molecule has 0 spiro atoms. The first-order valence-electron chi connectivity index (χ1n) is 9.61. The molecule has 25 heavy (non-hydrogen) atoms. The predicted octanol–water partition coefficient (Wildman–Crippen LogP) is 2.82. The summed E-state index contributed by atoms with van der Waals surface area (Å²) in [5.74, 6) is 0. The maximum atomic E-state index is 12.2. The smallest absolute Gasteiger partial charge is 0.315 e. The van der Waals surface area contributed by atoms with Gasteiger partial charge < -0.3 is 15.7 Å². The summed E-state index contributed by atoms with van der Waals surface area (Å²) >= 11 is 0. The molecule has 2 unspecified atom stereocenters. The van der Waals surface area contributed by atoms with E-state index in [1.807, 2.05) is 6.07 Å². The Labute approximate surface area is 150 Å². The van der Waals surface area contributed by atoms with Gasteiger partial charge in [0.05, 0.1) is 5.60 Å². The number of aliphatic hydroxyl groups is 1. The van der Waals surface area contributed by atoms with Crippen molar-refractivity contribution in [2.75, 3.05) is 19.6 Å². The quantitative estimate of drug-likeness (QED) is 0.769. The lowest BCUT2D eigenvalue weighted by molar-refractivity contribution is 0.00713. The van der Waals surface area contributed by atoms with E-state index in [0.717, 1.165) is 45.2 Å². The normalized spacial score (nSPS) is 24.6. The van der Waals surface area contributed by atoms with Crippen LogP contribution < -0.4 is 10.6 Å². The lowest BCUT2D eigenvalue weighted by atomic mass is 9.85. The number of benzene rings is 1. The first-order valence-corrected chi connectivity index (χ1v) is 9.61. The highest BCUT2D eigenvalue weighted by Crippen LogP contribution is 2.27. The van der Waals surface area contributed by atoms with Crippen molar-refractivity contribution in [1.82, 2.24) is 15.5 Å². The third kappa shape index (κ3) is 4.95. The van der Waals surface area contributed by atoms with Gasteiger partial charge in [0.2, 0.25) is 0 Å². The monoisotopic (exact) mass is 345 g/mol. The Morgan fingerprint density at radius 3 is 2.72 bits per heavy atom. The van der Waals surface area contributed by atoms with Crippen LogP contribution >= 0.6 is 0 Å². The van der Waals surface area contributed by atoms with Crippen LogP contribution in [0.3, 0.4) is 0 Å². The average Bonchev–Trinajstić information content (AvgIpc) is 3.09. The van der Waals surface area contributed by atoms with Gasteiger partial charge in [-0.05, 0) is 31.7 Å². The van der Waals surface area contributed by atoms with Gasteiger partial charge in [-0.2, -0.15) is 0 Å². The SMILES string of the molecule is CC(c1ccccc1)N1CCC(NC(=O)NCC2(O)CCCCC2)C1. The molecule has 1 saturated heterocycles. The van der Waals surface area contributed by atoms with Crippen LogP contribution in [0.4, 0.5) is 4.79 Å². The lowest BCUT2D eigenvalue weighted by Gasteiger charge is -2.32. The number of hydrogen-bond acceptors (Lipinski definition) is 3. The summed E-state index contributed by atoms with van der Waals surface area (Å²) in [6, 6.07) is 10.9. The highest BCUT2D eigenvalue weighted by atomic mass is 16.3. The number of nitrogens with zero attached hydrogens (tertiary/aromatic N) is 1. The minimum Gasteiger partial charge on any atom is -0.388 e. The van der Waals surface area contributed by atoms with Gasteiger partial charge in [-0.1, -0.05) is 49.6 Å². The van der Waals surface area contributed by atoms with Gasteiger partial charge in [-0.3, -0.25) is 4.90 Å². The number of urea groups is 1. The minimum absolute atomic E-state index is 0.154. The maximum absolute atomic E-state index is 12.2. The molecule has 1 heterocycles. The summed E-state index contributed by atoms with van der Waals surface area (Å²) in [7, 11) is 0. The topological polar surface area (TPSA) is 64.6 Å². The first kappa shape index (κ1) is 18.2. The second-order valence-electron chi connectivity index (χ2n) is 7.68. The van der Waals surface area contributed by atoms with Crippen LogP contribution in [0.15, 0.2) is 30.3 Å². The molecule has 1 saturated carbocycles. The molecule has 2 aliphatic rings. The molecule has 0 radical (unpaired) electrons. The summed E-state index contributed by atoms with van der Waals surface area (Å²) in [6.07, 6.45) is 5.84. The molecule has 5 heteroatoms. The molecule has 2 fully saturated rings. The third-order valence-corrected chi connectivity index (χ3v) is 5.75. The number of amides is 2. The number of nitrogens with one attached hydrogen (secondary N) is 2. The Bertz CT molecular complexity index is 557. The van der Waals surface area contributed by atoms with E-state index in [2.05, 4.69) is 46.7 Å². The van der Waals surface area contributed by atoms with Crippen LogP contribution in [0.2, 0.25) is 0 Å². The highest BCUT2D eigenvalue weighted by Gasteiger charge is 2.31. The Balaban J connectivity index is 1.42. The fraction of sp³-hybridized carbons (Fsp3) is 0.650. The van der Waals surface area contributed by atoms with E-state index in [-0.39, 0.29) is 12.1 Å². The van der Waals surface area contributed by atoms with Crippen LogP contribution in [-0.2, 0) is 0 Å². The predicted molar refractivity (Wildman–Crippen MR) is 99.4 cm³/mol. The summed E-state index contributed by atoms with van der Waals surface area (Å²) in [4.78, 5) is 14.6. The van der Waals surface area contributed by atoms with E-state index in [1.165, 1.54) is 12.0 Å². The molecule has 1 aliphatic carbocycles. The number of rotatable bonds is 5. The highest BCUT2D eigenvalue weighted by molar-refractivity contribution is 5.74. The summed E-state index contributed by atoms with van der Waals surface area (Å²) in [5.41, 5.74) is 0.603. The molecule has 1 aromatic rings. The molecule has 3 rings (SSSR count). The van der Waals surface area contributed by atoms with E-state index >= 15 is 0 Å². The Hall–Kier alpha value is -1.59. The van der Waals surface area contributed by atoms with E-state index in [1.54, 1.807) is 0 Å². The zero-order valence-electron chi connectivity index (χ0n) is 15.2. The Morgan fingerprint density at radius 1 is 1.28 bits per heavy atom. The third-order valence-electron chi connectivity index (χ3n) is 5.75. The Kier molecular flexibility index (Phi) is 5.97. The summed E-state index contributed by atoms with van der Waals surface area (Å²) in [5, 5.41) is 16.4. The fourth-order valence-electron chi connectivity index (χ4n) is 4.07. The summed E-state index contributed by atoms with van der Waals surface area (Å²) in [6.45, 7) is 4.44. The van der Waals surface area contributed by atoms with Crippen molar-refractivity contribution >= 4 is 6.03 Å². The van der Waals surface area contributed by atoms with Crippen LogP contribution in [0.25, 0.3) is 0 Å². The molecule has 0 aromatic heterocycles. The second-order valence-corrected chi connectivity index (χ2v) is 7.68. The van der Waals surface area contributed by atoms with Crippen molar-refractivity contribution in [3.63, 3.8) is 0 Å². The van der Waals surface area contributed by atoms with Gasteiger partial charge >= 0.3 is 6.03 Å². The molecule has 0 bridgehead atoms. The van der Waals surface area contributed by atoms with Gasteiger partial charge in [-0.25, -0.2) is 4.79 Å². The molecule has 138 valence electrons. The first-order chi connectivity index (χ1) is 12.1. The van der Waals surface area contributed by atoms with Crippen molar-refractivity contribution in [2.24, 2.45) is 0 Å². The average molecular weight is 345 g/mol. The molecule has 5 nitrogen and oxygen atoms in total. The van der Waals surface area contributed by atoms with Crippen molar-refractivity contribution < 1.29 is 9.90 Å². The van der Waals surface area contributed by atoms with Crippen molar-refractivity contribution in [2.45, 2.75) is 63.1 Å². The molecule has 1 aliphatic heterocycles. The van der Waals surface area contributed by atoms with Gasteiger partial charge in [0.25, 0.3) is 0 Å². The van der Waals surface area contributed by atoms with Gasteiger partial charge in [-0.15, -0.1) is 0 Å². The molecular formula is C20H31N3O2. The van der Waals surface area contributed by atoms with E-state index in [4.69, 9.17) is 0 Å². The largest absolute Gasteiger partial charge is 0.388 e. The standard InChI is InChI=1S/C20H31N3O2/c1-16(17-8-4-2-5-9-17)23-13-10-18(14-23)22-19(24)21-15-20(25)11-6-3-7-12-20/h2,4-5,8-9,16,18,25H,3,6-7,10-15H2,1H3,(H2,21,22,24). The number of carbonyl (C=O) groups excluding carboxylic acids is 1. The number of carbonyl (C=O) groups is 1. The molecule has 2 amide bonds. The van der Waals surface area contributed by atoms with E-state index < -0.39 is 5.60 Å². The minimum atomic E-state index is -0.709. The molecule has 3 N–H and O–H groups in total. The van der Waals surface area contributed by atoms with Gasteiger partial charge in [0, 0.05) is 31.7 Å². The van der Waals surface area contributed by atoms with Gasteiger partial charge in [0.1, 0.15) is 0 Å². The Morgan fingerprint density at radius 2 is 2.00 bits per heavy atom. The van der Waals surface area contributed by atoms with E-state index in [0.29, 0.717) is 12.6 Å². The molecule has 2 atom stereocenters. The van der Waals surface area contributed by atoms with Crippen LogP contribution in [-0.4, -0.2) is 47.3 Å². The molecular weight excluding hydrogens is 314 g/mol. The van der Waals surface area contributed by atoms with Crippen molar-refractivity contribution in [3.05, 3.63) is 35.9 Å². The van der Waals surface area contributed by atoms with Gasteiger partial charge in [0.15, 0.2) is 0 Å². The van der Waals surface area contributed by atoms with Crippen LogP contribution in [0, 0.1) is 0 Å². The number of likely N-dealkylation sites (tertiary alicyclic amines) is 1. The zero-order valence-corrected chi connectivity index (χ0v) is 15.2. The fourth-order valence-corrected chi connectivity index (χ4v) is 4.07. The van der Waals surface area contributed by atoms with Crippen LogP contribution in [0.5, 0.6) is 0 Å². The lowest BCUT2D eigenvalue weighted by Crippen LogP contribution is -2.49. The van der Waals surface area contributed by atoms with E-state index in [9.17, 15) is 9.90 Å². The number of hydrogen-bond donors (Lipinski definition) is 3. The molecule has 1 aromatic carbocycles. The van der Waals surface area contributed by atoms with Crippen LogP contribution in [0.1, 0.15) is 57.1 Å². The summed E-state index contributed by atoms with van der Waals surface area (Å²) < 4.78 is 0. The zero-order chi connectivity index (χ0) is 17.7.